The third-order valence-corrected chi connectivity index (χ3v) is 4.09. The lowest BCUT2D eigenvalue weighted by Gasteiger charge is -2.28. The highest BCUT2D eigenvalue weighted by molar-refractivity contribution is 6.30. The van der Waals surface area contributed by atoms with Crippen LogP contribution in [0.2, 0.25) is 5.02 Å². The Balaban J connectivity index is 2.01. The first-order chi connectivity index (χ1) is 11.6. The Morgan fingerprint density at radius 3 is 2.33 bits per heavy atom. The molecule has 24 heavy (non-hydrogen) atoms. The molecule has 0 unspecified atom stereocenters. The second kappa shape index (κ2) is 6.84. The van der Waals surface area contributed by atoms with Crippen molar-refractivity contribution in [2.45, 2.75) is 13.0 Å². The molecule has 0 fully saturated rings. The summed E-state index contributed by atoms with van der Waals surface area (Å²) in [6.07, 6.45) is 3.44. The highest BCUT2D eigenvalue weighted by Crippen LogP contribution is 2.29. The Hall–Kier alpha value is -2.66. The molecule has 1 N–H and O–H groups in total. The molecule has 3 aromatic rings. The molecule has 3 rings (SSSR count). The van der Waals surface area contributed by atoms with Gasteiger partial charge in [0.15, 0.2) is 0 Å². The maximum Gasteiger partial charge on any atom is 0.274 e. The zero-order valence-corrected chi connectivity index (χ0v) is 14.2. The Bertz CT molecular complexity index is 830. The number of carbonyl (C=O) groups excluding carboxylic acids is 1. The number of nitrogens with zero attached hydrogens (tertiary/aromatic N) is 3. The smallest absolute Gasteiger partial charge is 0.274 e. The predicted molar refractivity (Wildman–Crippen MR) is 93.0 cm³/mol. The first kappa shape index (κ1) is 16.2. The van der Waals surface area contributed by atoms with Crippen LogP contribution in [-0.2, 0) is 0 Å². The van der Waals surface area contributed by atoms with Crippen molar-refractivity contribution in [3.63, 3.8) is 0 Å². The van der Waals surface area contributed by atoms with Crippen LogP contribution in [0.25, 0.3) is 0 Å². The van der Waals surface area contributed by atoms with Crippen molar-refractivity contribution >= 4 is 17.5 Å². The number of halogens is 1. The Kier molecular flexibility index (Phi) is 4.62. The fraction of sp³-hybridized carbons (Fsp3) is 0.167. The molecule has 0 bridgehead atoms. The number of benzene rings is 1. The molecule has 0 aliphatic carbocycles. The standard InChI is InChI=1S/C18H17ClN4O/c1-12-11-16(22-21-12)18(24)23(2)17(14-7-9-20-10-8-14)13-3-5-15(19)6-4-13/h3-11,17H,1-2H3,(H,21,22)/t17-/m0/s1. The minimum absolute atomic E-state index is 0.156. The average molecular weight is 341 g/mol. The summed E-state index contributed by atoms with van der Waals surface area (Å²) in [4.78, 5) is 18.5. The molecule has 0 saturated heterocycles. The van der Waals surface area contributed by atoms with E-state index < -0.39 is 0 Å². The summed E-state index contributed by atoms with van der Waals surface area (Å²) >= 11 is 6.00. The monoisotopic (exact) mass is 340 g/mol. The summed E-state index contributed by atoms with van der Waals surface area (Å²) in [5, 5.41) is 7.53. The van der Waals surface area contributed by atoms with Gasteiger partial charge in [0.1, 0.15) is 5.69 Å². The van der Waals surface area contributed by atoms with Gasteiger partial charge in [-0.3, -0.25) is 14.9 Å². The number of H-pyrrole nitrogens is 1. The van der Waals surface area contributed by atoms with E-state index in [9.17, 15) is 4.79 Å². The molecule has 6 heteroatoms. The third-order valence-electron chi connectivity index (χ3n) is 3.84. The van der Waals surface area contributed by atoms with Crippen LogP contribution in [-0.4, -0.2) is 33.0 Å². The molecule has 0 saturated carbocycles. The molecule has 0 aliphatic heterocycles. The number of rotatable bonds is 4. The number of aromatic nitrogens is 3. The zero-order valence-electron chi connectivity index (χ0n) is 13.4. The van der Waals surface area contributed by atoms with Gasteiger partial charge in [0, 0.05) is 30.2 Å². The normalized spacial score (nSPS) is 12.0. The van der Waals surface area contributed by atoms with Crippen molar-refractivity contribution in [3.05, 3.63) is 82.4 Å². The molecule has 122 valence electrons. The second-order valence-corrected chi connectivity index (χ2v) is 6.02. The molecule has 2 aromatic heterocycles. The molecular weight excluding hydrogens is 324 g/mol. The molecular formula is C18H17ClN4O. The maximum absolute atomic E-state index is 12.8. The average Bonchev–Trinajstić information content (AvgIpc) is 3.03. The summed E-state index contributed by atoms with van der Waals surface area (Å²) in [6, 6.07) is 12.8. The minimum Gasteiger partial charge on any atom is -0.329 e. The van der Waals surface area contributed by atoms with E-state index in [4.69, 9.17) is 11.6 Å². The van der Waals surface area contributed by atoms with Gasteiger partial charge in [0.05, 0.1) is 6.04 Å². The molecule has 0 aliphatic rings. The van der Waals surface area contributed by atoms with Crippen LogP contribution in [0.4, 0.5) is 0 Å². The van der Waals surface area contributed by atoms with E-state index in [1.807, 2.05) is 43.3 Å². The number of pyridine rings is 1. The van der Waals surface area contributed by atoms with Gasteiger partial charge in [-0.1, -0.05) is 23.7 Å². The van der Waals surface area contributed by atoms with Gasteiger partial charge >= 0.3 is 0 Å². The number of nitrogens with one attached hydrogen (secondary N) is 1. The van der Waals surface area contributed by atoms with E-state index in [2.05, 4.69) is 15.2 Å². The van der Waals surface area contributed by atoms with Crippen molar-refractivity contribution in [2.75, 3.05) is 7.05 Å². The van der Waals surface area contributed by atoms with Crippen LogP contribution in [0.5, 0.6) is 0 Å². The van der Waals surface area contributed by atoms with Gasteiger partial charge in [-0.05, 0) is 48.4 Å². The first-order valence-electron chi connectivity index (χ1n) is 7.51. The van der Waals surface area contributed by atoms with Crippen LogP contribution in [0.1, 0.15) is 33.4 Å². The van der Waals surface area contributed by atoms with Crippen LogP contribution in [0.3, 0.4) is 0 Å². The topological polar surface area (TPSA) is 61.9 Å². The van der Waals surface area contributed by atoms with Gasteiger partial charge < -0.3 is 4.90 Å². The number of aromatic amines is 1. The lowest BCUT2D eigenvalue weighted by Crippen LogP contribution is -2.32. The summed E-state index contributed by atoms with van der Waals surface area (Å²) in [5.74, 6) is -0.156. The molecule has 1 aromatic carbocycles. The van der Waals surface area contributed by atoms with Gasteiger partial charge in [0.25, 0.3) is 5.91 Å². The van der Waals surface area contributed by atoms with Crippen LogP contribution >= 0.6 is 11.6 Å². The molecule has 0 radical (unpaired) electrons. The van der Waals surface area contributed by atoms with Crippen molar-refractivity contribution < 1.29 is 4.79 Å². The first-order valence-corrected chi connectivity index (χ1v) is 7.88. The number of hydrogen-bond donors (Lipinski definition) is 1. The van der Waals surface area contributed by atoms with Crippen LogP contribution in [0, 0.1) is 6.92 Å². The molecule has 5 nitrogen and oxygen atoms in total. The van der Waals surface area contributed by atoms with Crippen molar-refractivity contribution in [1.29, 1.82) is 0 Å². The molecule has 0 spiro atoms. The Morgan fingerprint density at radius 1 is 1.12 bits per heavy atom. The molecule has 1 atom stereocenters. The predicted octanol–water partition coefficient (Wildman–Crippen LogP) is 3.63. The van der Waals surface area contributed by atoms with E-state index in [0.29, 0.717) is 10.7 Å². The minimum atomic E-state index is -0.255. The van der Waals surface area contributed by atoms with Crippen molar-refractivity contribution in [1.82, 2.24) is 20.1 Å². The van der Waals surface area contributed by atoms with Gasteiger partial charge in [-0.25, -0.2) is 0 Å². The SMILES string of the molecule is Cc1cc(C(=O)N(C)[C@H](c2ccncc2)c2ccc(Cl)cc2)n[nH]1. The zero-order chi connectivity index (χ0) is 17.1. The highest BCUT2D eigenvalue weighted by Gasteiger charge is 2.25. The van der Waals surface area contributed by atoms with E-state index >= 15 is 0 Å². The maximum atomic E-state index is 12.8. The highest BCUT2D eigenvalue weighted by atomic mass is 35.5. The van der Waals surface area contributed by atoms with E-state index in [1.165, 1.54) is 0 Å². The number of carbonyl (C=O) groups is 1. The summed E-state index contributed by atoms with van der Waals surface area (Å²) in [6.45, 7) is 1.86. The van der Waals surface area contributed by atoms with Gasteiger partial charge in [0.2, 0.25) is 0 Å². The second-order valence-electron chi connectivity index (χ2n) is 5.59. The summed E-state index contributed by atoms with van der Waals surface area (Å²) in [5.41, 5.74) is 3.17. The quantitative estimate of drug-likeness (QED) is 0.789. The molecule has 2 heterocycles. The molecule has 1 amide bonds. The Labute approximate surface area is 145 Å². The van der Waals surface area contributed by atoms with Crippen molar-refractivity contribution in [3.8, 4) is 0 Å². The largest absolute Gasteiger partial charge is 0.329 e. The number of amides is 1. The number of hydrogen-bond acceptors (Lipinski definition) is 3. The van der Waals surface area contributed by atoms with Gasteiger partial charge in [-0.2, -0.15) is 5.10 Å². The fourth-order valence-corrected chi connectivity index (χ4v) is 2.78. The lowest BCUT2D eigenvalue weighted by molar-refractivity contribution is 0.0749. The van der Waals surface area contributed by atoms with E-state index in [-0.39, 0.29) is 11.9 Å². The van der Waals surface area contributed by atoms with E-state index in [0.717, 1.165) is 16.8 Å². The Morgan fingerprint density at radius 2 is 1.75 bits per heavy atom. The fourth-order valence-electron chi connectivity index (χ4n) is 2.66. The summed E-state index contributed by atoms with van der Waals surface area (Å²) in [7, 11) is 1.77. The third kappa shape index (κ3) is 3.31. The van der Waals surface area contributed by atoms with Crippen molar-refractivity contribution in [2.24, 2.45) is 0 Å². The number of aryl methyl sites for hydroxylation is 1. The van der Waals surface area contributed by atoms with Crippen LogP contribution in [0.15, 0.2) is 54.9 Å². The summed E-state index contributed by atoms with van der Waals surface area (Å²) < 4.78 is 0. The van der Waals surface area contributed by atoms with Crippen LogP contribution < -0.4 is 0 Å². The van der Waals surface area contributed by atoms with E-state index in [1.54, 1.807) is 30.4 Å². The van der Waals surface area contributed by atoms with Gasteiger partial charge in [-0.15, -0.1) is 0 Å². The lowest BCUT2D eigenvalue weighted by atomic mass is 9.98.